The maximum Gasteiger partial charge on any atom is 0.0866 e. The molecule has 1 atom stereocenters. The zero-order valence-electron chi connectivity index (χ0n) is 7.54. The van der Waals surface area contributed by atoms with Crippen LogP contribution in [-0.2, 0) is 5.60 Å². The molecule has 0 spiro atoms. The van der Waals surface area contributed by atoms with Crippen molar-refractivity contribution in [2.24, 2.45) is 0 Å². The SMILES string of the molecule is CCC(C)(O)c1cccc(N)c1. The van der Waals surface area contributed by atoms with E-state index in [0.29, 0.717) is 12.1 Å². The van der Waals surface area contributed by atoms with Gasteiger partial charge in [0.1, 0.15) is 0 Å². The van der Waals surface area contributed by atoms with E-state index in [4.69, 9.17) is 5.73 Å². The van der Waals surface area contributed by atoms with Crippen LogP contribution >= 0.6 is 0 Å². The molecule has 1 aromatic rings. The van der Waals surface area contributed by atoms with Gasteiger partial charge in [-0.05, 0) is 31.0 Å². The van der Waals surface area contributed by atoms with E-state index in [2.05, 4.69) is 0 Å². The van der Waals surface area contributed by atoms with E-state index in [1.807, 2.05) is 31.2 Å². The van der Waals surface area contributed by atoms with Crippen molar-refractivity contribution in [3.63, 3.8) is 0 Å². The fourth-order valence-electron chi connectivity index (χ4n) is 1.08. The van der Waals surface area contributed by atoms with Crippen LogP contribution in [0.15, 0.2) is 24.3 Å². The molecule has 0 aliphatic rings. The van der Waals surface area contributed by atoms with Gasteiger partial charge >= 0.3 is 0 Å². The molecule has 0 bridgehead atoms. The minimum absolute atomic E-state index is 0.691. The molecule has 3 N–H and O–H groups in total. The standard InChI is InChI=1S/C10H15NO/c1-3-10(2,12)8-5-4-6-9(11)7-8/h4-7,12H,3,11H2,1-2H3. The lowest BCUT2D eigenvalue weighted by Gasteiger charge is -2.21. The molecule has 0 radical (unpaired) electrons. The molecule has 2 nitrogen and oxygen atoms in total. The first-order valence-corrected chi connectivity index (χ1v) is 4.14. The van der Waals surface area contributed by atoms with Crippen molar-refractivity contribution in [2.45, 2.75) is 25.9 Å². The van der Waals surface area contributed by atoms with Gasteiger partial charge in [-0.25, -0.2) is 0 Å². The van der Waals surface area contributed by atoms with Crippen LogP contribution in [-0.4, -0.2) is 5.11 Å². The first kappa shape index (κ1) is 9.07. The van der Waals surface area contributed by atoms with Gasteiger partial charge in [0.05, 0.1) is 5.60 Å². The number of anilines is 1. The Morgan fingerprint density at radius 3 is 2.67 bits per heavy atom. The maximum atomic E-state index is 9.86. The van der Waals surface area contributed by atoms with Crippen LogP contribution in [0.5, 0.6) is 0 Å². The van der Waals surface area contributed by atoms with Crippen LogP contribution in [0.25, 0.3) is 0 Å². The second-order valence-corrected chi connectivity index (χ2v) is 3.25. The van der Waals surface area contributed by atoms with Crippen LogP contribution < -0.4 is 5.73 Å². The van der Waals surface area contributed by atoms with Crippen LogP contribution in [0.1, 0.15) is 25.8 Å². The number of nitrogens with two attached hydrogens (primary N) is 1. The van der Waals surface area contributed by atoms with E-state index >= 15 is 0 Å². The van der Waals surface area contributed by atoms with Gasteiger partial charge in [-0.15, -0.1) is 0 Å². The fourth-order valence-corrected chi connectivity index (χ4v) is 1.08. The van der Waals surface area contributed by atoms with Crippen molar-refractivity contribution in [2.75, 3.05) is 5.73 Å². The second kappa shape index (κ2) is 3.15. The van der Waals surface area contributed by atoms with Gasteiger partial charge in [0.25, 0.3) is 0 Å². The number of aliphatic hydroxyl groups is 1. The van der Waals surface area contributed by atoms with Gasteiger partial charge in [-0.1, -0.05) is 19.1 Å². The van der Waals surface area contributed by atoms with Crippen LogP contribution in [0.2, 0.25) is 0 Å². The normalized spacial score (nSPS) is 15.6. The molecule has 0 heterocycles. The molecule has 0 saturated heterocycles. The molecule has 0 aliphatic carbocycles. The second-order valence-electron chi connectivity index (χ2n) is 3.25. The summed E-state index contributed by atoms with van der Waals surface area (Å²) in [6.45, 7) is 3.74. The van der Waals surface area contributed by atoms with E-state index in [1.54, 1.807) is 6.92 Å². The predicted molar refractivity (Wildman–Crippen MR) is 50.7 cm³/mol. The third kappa shape index (κ3) is 1.77. The van der Waals surface area contributed by atoms with Crippen molar-refractivity contribution in [3.05, 3.63) is 29.8 Å². The quantitative estimate of drug-likeness (QED) is 0.657. The summed E-state index contributed by atoms with van der Waals surface area (Å²) >= 11 is 0. The topological polar surface area (TPSA) is 46.2 Å². The number of hydrogen-bond donors (Lipinski definition) is 2. The first-order chi connectivity index (χ1) is 5.56. The average molecular weight is 165 g/mol. The monoisotopic (exact) mass is 165 g/mol. The summed E-state index contributed by atoms with van der Waals surface area (Å²) in [6, 6.07) is 7.37. The Morgan fingerprint density at radius 2 is 2.17 bits per heavy atom. The number of benzene rings is 1. The molecule has 12 heavy (non-hydrogen) atoms. The minimum atomic E-state index is -0.755. The van der Waals surface area contributed by atoms with Crippen LogP contribution in [0.3, 0.4) is 0 Å². The third-order valence-corrected chi connectivity index (χ3v) is 2.20. The lowest BCUT2D eigenvalue weighted by Crippen LogP contribution is -2.19. The average Bonchev–Trinajstić information content (AvgIpc) is 2.05. The Balaban J connectivity index is 3.03. The highest BCUT2D eigenvalue weighted by atomic mass is 16.3. The maximum absolute atomic E-state index is 9.86. The molecule has 0 saturated carbocycles. The summed E-state index contributed by atoms with van der Waals surface area (Å²) < 4.78 is 0. The van der Waals surface area contributed by atoms with Gasteiger partial charge in [-0.3, -0.25) is 0 Å². The lowest BCUT2D eigenvalue weighted by molar-refractivity contribution is 0.0531. The van der Waals surface area contributed by atoms with Gasteiger partial charge in [-0.2, -0.15) is 0 Å². The van der Waals surface area contributed by atoms with Gasteiger partial charge in [0, 0.05) is 5.69 Å². The highest BCUT2D eigenvalue weighted by Gasteiger charge is 2.19. The van der Waals surface area contributed by atoms with Gasteiger partial charge in [0.2, 0.25) is 0 Å². The molecule has 2 heteroatoms. The fraction of sp³-hybridized carbons (Fsp3) is 0.400. The molecule has 0 amide bonds. The summed E-state index contributed by atoms with van der Waals surface area (Å²) in [5, 5.41) is 9.86. The van der Waals surface area contributed by atoms with E-state index in [1.165, 1.54) is 0 Å². The number of hydrogen-bond acceptors (Lipinski definition) is 2. The van der Waals surface area contributed by atoms with Crippen LogP contribution in [0.4, 0.5) is 5.69 Å². The Bertz CT molecular complexity index is 268. The zero-order valence-corrected chi connectivity index (χ0v) is 7.54. The summed E-state index contributed by atoms with van der Waals surface area (Å²) in [7, 11) is 0. The Kier molecular flexibility index (Phi) is 2.38. The smallest absolute Gasteiger partial charge is 0.0866 e. The molecule has 0 aliphatic heterocycles. The lowest BCUT2D eigenvalue weighted by atomic mass is 9.93. The highest BCUT2D eigenvalue weighted by Crippen LogP contribution is 2.24. The summed E-state index contributed by atoms with van der Waals surface area (Å²) in [6.07, 6.45) is 0.691. The molecule has 1 unspecified atom stereocenters. The van der Waals surface area contributed by atoms with E-state index in [-0.39, 0.29) is 0 Å². The van der Waals surface area contributed by atoms with E-state index < -0.39 is 5.60 Å². The molecule has 1 aromatic carbocycles. The molecule has 1 rings (SSSR count). The highest BCUT2D eigenvalue weighted by molar-refractivity contribution is 5.42. The van der Waals surface area contributed by atoms with Crippen molar-refractivity contribution in [3.8, 4) is 0 Å². The number of rotatable bonds is 2. The summed E-state index contributed by atoms with van der Waals surface area (Å²) in [5.41, 5.74) is 6.42. The minimum Gasteiger partial charge on any atom is -0.399 e. The van der Waals surface area contributed by atoms with E-state index in [9.17, 15) is 5.11 Å². The molecule has 66 valence electrons. The van der Waals surface area contributed by atoms with Crippen LogP contribution in [0, 0.1) is 0 Å². The first-order valence-electron chi connectivity index (χ1n) is 4.14. The Morgan fingerprint density at radius 1 is 1.50 bits per heavy atom. The third-order valence-electron chi connectivity index (χ3n) is 2.20. The predicted octanol–water partition coefficient (Wildman–Crippen LogP) is 1.89. The van der Waals surface area contributed by atoms with Crippen molar-refractivity contribution >= 4 is 5.69 Å². The molecular formula is C10H15NO. The zero-order chi connectivity index (χ0) is 9.19. The summed E-state index contributed by atoms with van der Waals surface area (Å²) in [4.78, 5) is 0. The van der Waals surface area contributed by atoms with Crippen molar-refractivity contribution in [1.29, 1.82) is 0 Å². The van der Waals surface area contributed by atoms with Crippen molar-refractivity contribution < 1.29 is 5.11 Å². The molecular weight excluding hydrogens is 150 g/mol. The summed E-state index contributed by atoms with van der Waals surface area (Å²) in [5.74, 6) is 0. The number of nitrogen functional groups attached to an aromatic ring is 1. The molecule has 0 fully saturated rings. The Hall–Kier alpha value is -1.02. The molecule has 0 aromatic heterocycles. The largest absolute Gasteiger partial charge is 0.399 e. The van der Waals surface area contributed by atoms with Crippen molar-refractivity contribution in [1.82, 2.24) is 0 Å². The van der Waals surface area contributed by atoms with E-state index in [0.717, 1.165) is 5.56 Å². The Labute approximate surface area is 73.0 Å². The van der Waals surface area contributed by atoms with Gasteiger partial charge < -0.3 is 10.8 Å². The van der Waals surface area contributed by atoms with Gasteiger partial charge in [0.15, 0.2) is 0 Å².